The predicted molar refractivity (Wildman–Crippen MR) is 119 cm³/mol. The second kappa shape index (κ2) is 9.97. The van der Waals surface area contributed by atoms with Gasteiger partial charge in [0.15, 0.2) is 0 Å². The molecule has 0 atom stereocenters. The monoisotopic (exact) mass is 457 g/mol. The molecule has 0 bridgehead atoms. The fourth-order valence-corrected chi connectivity index (χ4v) is 3.14. The first-order valence-electron chi connectivity index (χ1n) is 8.99. The number of rotatable bonds is 5. The Hall–Kier alpha value is -3.55. The molecule has 0 aliphatic rings. The van der Waals surface area contributed by atoms with Gasteiger partial charge in [0, 0.05) is 10.6 Å². The van der Waals surface area contributed by atoms with Gasteiger partial charge in [0.2, 0.25) is 0 Å². The molecule has 158 valence electrons. The van der Waals surface area contributed by atoms with Gasteiger partial charge in [-0.3, -0.25) is 25.2 Å². The maximum absolute atomic E-state index is 12.6. The van der Waals surface area contributed by atoms with Crippen molar-refractivity contribution in [1.82, 2.24) is 10.9 Å². The van der Waals surface area contributed by atoms with Crippen molar-refractivity contribution in [2.75, 3.05) is 12.4 Å². The zero-order valence-electron chi connectivity index (χ0n) is 16.2. The van der Waals surface area contributed by atoms with E-state index in [9.17, 15) is 14.4 Å². The van der Waals surface area contributed by atoms with Crippen LogP contribution in [0, 0.1) is 0 Å². The predicted octanol–water partition coefficient (Wildman–Crippen LogP) is 4.33. The number of hydrogen-bond acceptors (Lipinski definition) is 4. The quantitative estimate of drug-likeness (QED) is 0.496. The van der Waals surface area contributed by atoms with Crippen LogP contribution in [0.4, 0.5) is 5.69 Å². The van der Waals surface area contributed by atoms with Crippen molar-refractivity contribution in [2.24, 2.45) is 0 Å². The van der Waals surface area contributed by atoms with Gasteiger partial charge in [0.25, 0.3) is 17.7 Å². The Kier molecular flexibility index (Phi) is 7.12. The van der Waals surface area contributed by atoms with Crippen LogP contribution in [0.3, 0.4) is 0 Å². The van der Waals surface area contributed by atoms with Crippen LogP contribution < -0.4 is 20.9 Å². The van der Waals surface area contributed by atoms with Gasteiger partial charge in [-0.2, -0.15) is 0 Å². The van der Waals surface area contributed by atoms with Gasteiger partial charge in [-0.1, -0.05) is 35.3 Å². The standard InChI is InChI=1S/C22H17Cl2N3O4/c1-31-15-9-6-13(7-10-15)20(28)25-19-5-3-2-4-17(19)22(30)27-26-21(29)16-11-8-14(23)12-18(16)24/h2-12H,1H3,(H,25,28)(H,26,29)(H,27,30). The number of hydrazine groups is 1. The lowest BCUT2D eigenvalue weighted by molar-refractivity contribution is 0.0847. The molecule has 7 nitrogen and oxygen atoms in total. The number of carbonyl (C=O) groups is 3. The van der Waals surface area contributed by atoms with E-state index < -0.39 is 17.7 Å². The summed E-state index contributed by atoms with van der Waals surface area (Å²) in [5.41, 5.74) is 5.57. The molecule has 0 spiro atoms. The molecular formula is C22H17Cl2N3O4. The van der Waals surface area contributed by atoms with E-state index in [-0.39, 0.29) is 21.8 Å². The zero-order valence-corrected chi connectivity index (χ0v) is 17.8. The van der Waals surface area contributed by atoms with E-state index in [2.05, 4.69) is 16.2 Å². The Balaban J connectivity index is 1.69. The summed E-state index contributed by atoms with van der Waals surface area (Å²) >= 11 is 11.8. The SMILES string of the molecule is COc1ccc(C(=O)Nc2ccccc2C(=O)NNC(=O)c2ccc(Cl)cc2Cl)cc1. The fourth-order valence-electron chi connectivity index (χ4n) is 2.65. The van der Waals surface area contributed by atoms with Gasteiger partial charge >= 0.3 is 0 Å². The van der Waals surface area contributed by atoms with E-state index in [1.54, 1.807) is 42.5 Å². The summed E-state index contributed by atoms with van der Waals surface area (Å²) in [6, 6.07) is 17.3. The van der Waals surface area contributed by atoms with Gasteiger partial charge in [0.1, 0.15) is 5.75 Å². The molecule has 3 aromatic carbocycles. The average Bonchev–Trinajstić information content (AvgIpc) is 2.77. The second-order valence-corrected chi connectivity index (χ2v) is 7.10. The van der Waals surface area contributed by atoms with Crippen LogP contribution in [0.1, 0.15) is 31.1 Å². The van der Waals surface area contributed by atoms with Crippen molar-refractivity contribution < 1.29 is 19.1 Å². The molecule has 0 aliphatic carbocycles. The van der Waals surface area contributed by atoms with Gasteiger partial charge in [-0.15, -0.1) is 0 Å². The molecule has 0 unspecified atom stereocenters. The largest absolute Gasteiger partial charge is 0.497 e. The zero-order chi connectivity index (χ0) is 22.4. The van der Waals surface area contributed by atoms with Crippen LogP contribution in [-0.4, -0.2) is 24.8 Å². The number of nitrogens with one attached hydrogen (secondary N) is 3. The Morgan fingerprint density at radius 2 is 1.42 bits per heavy atom. The molecular weight excluding hydrogens is 441 g/mol. The average molecular weight is 458 g/mol. The topological polar surface area (TPSA) is 96.5 Å². The molecule has 0 aliphatic heterocycles. The molecule has 0 aromatic heterocycles. The van der Waals surface area contributed by atoms with E-state index in [1.165, 1.54) is 31.4 Å². The summed E-state index contributed by atoms with van der Waals surface area (Å²) in [4.78, 5) is 37.4. The van der Waals surface area contributed by atoms with Crippen molar-refractivity contribution >= 4 is 46.6 Å². The molecule has 0 saturated carbocycles. The Bertz CT molecular complexity index is 1130. The summed E-state index contributed by atoms with van der Waals surface area (Å²) in [6.07, 6.45) is 0. The van der Waals surface area contributed by atoms with Crippen molar-refractivity contribution in [3.05, 3.63) is 93.5 Å². The van der Waals surface area contributed by atoms with Crippen LogP contribution >= 0.6 is 23.2 Å². The molecule has 3 N–H and O–H groups in total. The maximum atomic E-state index is 12.6. The van der Waals surface area contributed by atoms with Gasteiger partial charge < -0.3 is 10.1 Å². The summed E-state index contributed by atoms with van der Waals surface area (Å²) in [5.74, 6) is -1.02. The van der Waals surface area contributed by atoms with Crippen molar-refractivity contribution in [3.8, 4) is 5.75 Å². The van der Waals surface area contributed by atoms with Gasteiger partial charge in [-0.05, 0) is 54.6 Å². The summed E-state index contributed by atoms with van der Waals surface area (Å²) in [6.45, 7) is 0. The summed E-state index contributed by atoms with van der Waals surface area (Å²) < 4.78 is 5.08. The van der Waals surface area contributed by atoms with Crippen LogP contribution in [0.2, 0.25) is 10.0 Å². The van der Waals surface area contributed by atoms with Crippen molar-refractivity contribution in [1.29, 1.82) is 0 Å². The number of amides is 3. The number of methoxy groups -OCH3 is 1. The van der Waals surface area contributed by atoms with E-state index in [0.717, 1.165) is 0 Å². The highest BCUT2D eigenvalue weighted by Gasteiger charge is 2.16. The first-order chi connectivity index (χ1) is 14.9. The first kappa shape index (κ1) is 22.1. The van der Waals surface area contributed by atoms with Crippen LogP contribution in [0.25, 0.3) is 0 Å². The van der Waals surface area contributed by atoms with Crippen LogP contribution in [0.5, 0.6) is 5.75 Å². The number of halogens is 2. The third kappa shape index (κ3) is 5.53. The normalized spacial score (nSPS) is 10.2. The van der Waals surface area contributed by atoms with E-state index in [1.807, 2.05) is 0 Å². The lowest BCUT2D eigenvalue weighted by Gasteiger charge is -2.13. The maximum Gasteiger partial charge on any atom is 0.271 e. The van der Waals surface area contributed by atoms with E-state index in [0.29, 0.717) is 16.3 Å². The molecule has 3 aromatic rings. The second-order valence-electron chi connectivity index (χ2n) is 6.26. The van der Waals surface area contributed by atoms with Crippen molar-refractivity contribution in [3.63, 3.8) is 0 Å². The molecule has 0 fully saturated rings. The fraction of sp³-hybridized carbons (Fsp3) is 0.0455. The number of benzene rings is 3. The minimum Gasteiger partial charge on any atom is -0.497 e. The Morgan fingerprint density at radius 3 is 2.06 bits per heavy atom. The molecule has 31 heavy (non-hydrogen) atoms. The molecule has 0 saturated heterocycles. The third-order valence-corrected chi connectivity index (χ3v) is 4.79. The van der Waals surface area contributed by atoms with Crippen molar-refractivity contribution in [2.45, 2.75) is 0 Å². The lowest BCUT2D eigenvalue weighted by Crippen LogP contribution is -2.42. The van der Waals surface area contributed by atoms with Gasteiger partial charge in [-0.25, -0.2) is 0 Å². The number of anilines is 1. The number of hydrogen-bond donors (Lipinski definition) is 3. The number of carbonyl (C=O) groups excluding carboxylic acids is 3. The highest BCUT2D eigenvalue weighted by molar-refractivity contribution is 6.36. The van der Waals surface area contributed by atoms with E-state index >= 15 is 0 Å². The molecule has 9 heteroatoms. The van der Waals surface area contributed by atoms with Gasteiger partial charge in [0.05, 0.1) is 28.9 Å². The third-order valence-electron chi connectivity index (χ3n) is 4.24. The smallest absolute Gasteiger partial charge is 0.271 e. The van der Waals surface area contributed by atoms with Crippen LogP contribution in [-0.2, 0) is 0 Å². The molecule has 0 radical (unpaired) electrons. The minimum absolute atomic E-state index is 0.145. The summed E-state index contributed by atoms with van der Waals surface area (Å²) in [7, 11) is 1.53. The summed E-state index contributed by atoms with van der Waals surface area (Å²) in [5, 5.41) is 3.22. The number of para-hydroxylation sites is 1. The minimum atomic E-state index is -0.621. The Labute approximate surface area is 188 Å². The number of ether oxygens (including phenoxy) is 1. The van der Waals surface area contributed by atoms with Crippen LogP contribution in [0.15, 0.2) is 66.7 Å². The Morgan fingerprint density at radius 1 is 0.774 bits per heavy atom. The molecule has 0 heterocycles. The highest BCUT2D eigenvalue weighted by Crippen LogP contribution is 2.21. The molecule has 3 amide bonds. The lowest BCUT2D eigenvalue weighted by atomic mass is 10.1. The highest BCUT2D eigenvalue weighted by atomic mass is 35.5. The first-order valence-corrected chi connectivity index (χ1v) is 9.75. The molecule has 3 rings (SSSR count). The van der Waals surface area contributed by atoms with E-state index in [4.69, 9.17) is 27.9 Å².